The number of methoxy groups -OCH3 is 1. The van der Waals surface area contributed by atoms with Crippen molar-refractivity contribution in [2.75, 3.05) is 20.2 Å². The van der Waals surface area contributed by atoms with Crippen LogP contribution < -0.4 is 10.1 Å². The van der Waals surface area contributed by atoms with E-state index in [1.54, 1.807) is 7.11 Å². The van der Waals surface area contributed by atoms with Crippen LogP contribution >= 0.6 is 0 Å². The normalized spacial score (nSPS) is 18.6. The molecule has 30 heavy (non-hydrogen) atoms. The van der Waals surface area contributed by atoms with Crippen LogP contribution in [0.15, 0.2) is 53.4 Å². The Hall–Kier alpha value is -2.45. The van der Waals surface area contributed by atoms with E-state index in [1.165, 1.54) is 16.4 Å². The molecule has 0 saturated carbocycles. The minimum Gasteiger partial charge on any atom is -0.497 e. The Balaban J connectivity index is 1.69. The van der Waals surface area contributed by atoms with Crippen molar-refractivity contribution >= 4 is 15.9 Å². The van der Waals surface area contributed by atoms with E-state index in [0.717, 1.165) is 23.4 Å². The first-order valence-corrected chi connectivity index (χ1v) is 11.5. The standard InChI is InChI=1S/C22H27FN2O4S/c1-3-21(16-6-10-19(29-2)11-7-16)24-22(26)17-5-4-14-25(15-17)30(27,28)20-12-8-18(23)9-13-20/h6-13,17,21H,3-5,14-15H2,1-2H3,(H,24,26). The Labute approximate surface area is 177 Å². The highest BCUT2D eigenvalue weighted by molar-refractivity contribution is 7.89. The molecule has 0 spiro atoms. The van der Waals surface area contributed by atoms with Crippen LogP contribution in [-0.4, -0.2) is 38.8 Å². The SMILES string of the molecule is CCC(NC(=O)C1CCCN(S(=O)(=O)c2ccc(F)cc2)C1)c1ccc(OC)cc1. The molecule has 1 aliphatic rings. The molecule has 8 heteroatoms. The molecule has 3 rings (SSSR count). The zero-order valence-electron chi connectivity index (χ0n) is 17.2. The maximum absolute atomic E-state index is 13.2. The number of hydrogen-bond donors (Lipinski definition) is 1. The first-order valence-electron chi connectivity index (χ1n) is 10.0. The van der Waals surface area contributed by atoms with Crippen molar-refractivity contribution in [1.82, 2.24) is 9.62 Å². The average Bonchev–Trinajstić information content (AvgIpc) is 2.77. The fourth-order valence-corrected chi connectivity index (χ4v) is 5.20. The smallest absolute Gasteiger partial charge is 0.243 e. The lowest BCUT2D eigenvalue weighted by atomic mass is 9.97. The van der Waals surface area contributed by atoms with E-state index in [1.807, 2.05) is 31.2 Å². The minimum atomic E-state index is -3.77. The van der Waals surface area contributed by atoms with Crippen molar-refractivity contribution in [3.63, 3.8) is 0 Å². The zero-order valence-corrected chi connectivity index (χ0v) is 18.0. The number of ether oxygens (including phenoxy) is 1. The predicted octanol–water partition coefficient (Wildman–Crippen LogP) is 3.50. The summed E-state index contributed by atoms with van der Waals surface area (Å²) in [6.07, 6.45) is 1.93. The van der Waals surface area contributed by atoms with Crippen LogP contribution in [0.4, 0.5) is 4.39 Å². The molecule has 2 aromatic rings. The third-order valence-electron chi connectivity index (χ3n) is 5.45. The summed E-state index contributed by atoms with van der Waals surface area (Å²) in [6, 6.07) is 12.1. The van der Waals surface area contributed by atoms with E-state index in [4.69, 9.17) is 4.74 Å². The molecule has 2 atom stereocenters. The first-order chi connectivity index (χ1) is 14.3. The number of carbonyl (C=O) groups is 1. The fourth-order valence-electron chi connectivity index (χ4n) is 3.68. The van der Waals surface area contributed by atoms with Gasteiger partial charge in [0.1, 0.15) is 11.6 Å². The lowest BCUT2D eigenvalue weighted by Crippen LogP contribution is -2.46. The van der Waals surface area contributed by atoms with E-state index >= 15 is 0 Å². The molecule has 0 radical (unpaired) electrons. The Bertz CT molecular complexity index is 962. The Morgan fingerprint density at radius 1 is 1.20 bits per heavy atom. The van der Waals surface area contributed by atoms with Crippen LogP contribution in [0.5, 0.6) is 5.75 Å². The molecule has 6 nitrogen and oxygen atoms in total. The fraction of sp³-hybridized carbons (Fsp3) is 0.409. The zero-order chi connectivity index (χ0) is 21.7. The second-order valence-electron chi connectivity index (χ2n) is 7.40. The number of halogens is 1. The molecular weight excluding hydrogens is 407 g/mol. The lowest BCUT2D eigenvalue weighted by molar-refractivity contribution is -0.126. The van der Waals surface area contributed by atoms with E-state index in [0.29, 0.717) is 25.8 Å². The van der Waals surface area contributed by atoms with E-state index in [9.17, 15) is 17.6 Å². The summed E-state index contributed by atoms with van der Waals surface area (Å²) in [4.78, 5) is 12.9. The average molecular weight is 435 g/mol. The van der Waals surface area contributed by atoms with Gasteiger partial charge in [-0.3, -0.25) is 4.79 Å². The molecule has 0 aromatic heterocycles. The maximum atomic E-state index is 13.2. The number of rotatable bonds is 7. The van der Waals surface area contributed by atoms with Crippen molar-refractivity contribution in [3.05, 3.63) is 59.9 Å². The molecule has 2 unspecified atom stereocenters. The summed E-state index contributed by atoms with van der Waals surface area (Å²) in [7, 11) is -2.17. The number of carbonyl (C=O) groups excluding carboxylic acids is 1. The van der Waals surface area contributed by atoms with Gasteiger partial charge in [0.2, 0.25) is 15.9 Å². The van der Waals surface area contributed by atoms with Crippen LogP contribution in [0, 0.1) is 11.7 Å². The van der Waals surface area contributed by atoms with Gasteiger partial charge in [0.05, 0.1) is 24.0 Å². The second kappa shape index (κ2) is 9.57. The minimum absolute atomic E-state index is 0.0367. The summed E-state index contributed by atoms with van der Waals surface area (Å²) in [5.41, 5.74) is 0.971. The topological polar surface area (TPSA) is 75.7 Å². The largest absolute Gasteiger partial charge is 0.497 e. The molecule has 0 bridgehead atoms. The van der Waals surface area contributed by atoms with Crippen LogP contribution in [0.25, 0.3) is 0 Å². The van der Waals surface area contributed by atoms with Gasteiger partial charge < -0.3 is 10.1 Å². The summed E-state index contributed by atoms with van der Waals surface area (Å²) < 4.78 is 45.4. The van der Waals surface area contributed by atoms with Crippen molar-refractivity contribution in [3.8, 4) is 5.75 Å². The second-order valence-corrected chi connectivity index (χ2v) is 9.34. The molecule has 1 heterocycles. The van der Waals surface area contributed by atoms with Gasteiger partial charge >= 0.3 is 0 Å². The third kappa shape index (κ3) is 4.99. The van der Waals surface area contributed by atoms with Gasteiger partial charge in [0, 0.05) is 13.1 Å². The summed E-state index contributed by atoms with van der Waals surface area (Å²) >= 11 is 0. The lowest BCUT2D eigenvalue weighted by Gasteiger charge is -2.32. The Morgan fingerprint density at radius 2 is 1.87 bits per heavy atom. The number of piperidine rings is 1. The number of amides is 1. The van der Waals surface area contributed by atoms with Crippen molar-refractivity contribution in [2.45, 2.75) is 37.1 Å². The molecule has 0 aliphatic carbocycles. The molecule has 1 saturated heterocycles. The third-order valence-corrected chi connectivity index (χ3v) is 7.33. The van der Waals surface area contributed by atoms with Crippen LogP contribution in [0.3, 0.4) is 0 Å². The highest BCUT2D eigenvalue weighted by Gasteiger charge is 2.34. The van der Waals surface area contributed by atoms with E-state index in [2.05, 4.69) is 5.32 Å². The summed E-state index contributed by atoms with van der Waals surface area (Å²) in [5.74, 6) is -0.333. The van der Waals surface area contributed by atoms with Gasteiger partial charge in [-0.05, 0) is 61.2 Å². The molecule has 1 N–H and O–H groups in total. The van der Waals surface area contributed by atoms with Crippen LogP contribution in [0.2, 0.25) is 0 Å². The highest BCUT2D eigenvalue weighted by atomic mass is 32.2. The van der Waals surface area contributed by atoms with E-state index < -0.39 is 21.8 Å². The summed E-state index contributed by atoms with van der Waals surface area (Å²) in [6.45, 7) is 2.45. The number of benzene rings is 2. The monoisotopic (exact) mass is 434 g/mol. The predicted molar refractivity (Wildman–Crippen MR) is 112 cm³/mol. The van der Waals surface area contributed by atoms with Gasteiger partial charge in [-0.15, -0.1) is 0 Å². The van der Waals surface area contributed by atoms with Gasteiger partial charge in [0.25, 0.3) is 0 Å². The molecular formula is C22H27FN2O4S. The number of sulfonamides is 1. The molecule has 1 fully saturated rings. The Morgan fingerprint density at radius 3 is 2.47 bits per heavy atom. The van der Waals surface area contributed by atoms with Crippen molar-refractivity contribution in [1.29, 1.82) is 0 Å². The van der Waals surface area contributed by atoms with E-state index in [-0.39, 0.29) is 23.4 Å². The number of hydrogen-bond acceptors (Lipinski definition) is 4. The van der Waals surface area contributed by atoms with Gasteiger partial charge in [-0.1, -0.05) is 19.1 Å². The first kappa shape index (κ1) is 22.2. The molecule has 2 aromatic carbocycles. The quantitative estimate of drug-likeness (QED) is 0.724. The van der Waals surface area contributed by atoms with Gasteiger partial charge in [0.15, 0.2) is 0 Å². The summed E-state index contributed by atoms with van der Waals surface area (Å²) in [5, 5.41) is 3.06. The van der Waals surface area contributed by atoms with Crippen LogP contribution in [-0.2, 0) is 14.8 Å². The molecule has 1 amide bonds. The highest BCUT2D eigenvalue weighted by Crippen LogP contribution is 2.26. The number of nitrogens with zero attached hydrogens (tertiary/aromatic N) is 1. The van der Waals surface area contributed by atoms with Gasteiger partial charge in [-0.2, -0.15) is 4.31 Å². The van der Waals surface area contributed by atoms with Crippen molar-refractivity contribution < 1.29 is 22.3 Å². The van der Waals surface area contributed by atoms with Gasteiger partial charge in [-0.25, -0.2) is 12.8 Å². The molecule has 162 valence electrons. The maximum Gasteiger partial charge on any atom is 0.243 e. The van der Waals surface area contributed by atoms with Crippen LogP contribution in [0.1, 0.15) is 37.8 Å². The Kier molecular flexibility index (Phi) is 7.10. The van der Waals surface area contributed by atoms with Crippen molar-refractivity contribution in [2.24, 2.45) is 5.92 Å². The number of nitrogens with one attached hydrogen (secondary N) is 1. The molecule has 1 aliphatic heterocycles.